The van der Waals surface area contributed by atoms with E-state index >= 15 is 0 Å². The number of rotatable bonds is 3. The number of carbonyl (C=O) groups is 1. The summed E-state index contributed by atoms with van der Waals surface area (Å²) in [5.41, 5.74) is -0.676. The Morgan fingerprint density at radius 2 is 2.29 bits per heavy atom. The van der Waals surface area contributed by atoms with E-state index in [4.69, 9.17) is 5.11 Å². The molecule has 0 bridgehead atoms. The third-order valence-corrected chi connectivity index (χ3v) is 3.15. The van der Waals surface area contributed by atoms with E-state index in [0.717, 1.165) is 25.3 Å². The van der Waals surface area contributed by atoms with Crippen molar-refractivity contribution in [3.05, 3.63) is 12.2 Å². The summed E-state index contributed by atoms with van der Waals surface area (Å²) < 4.78 is 0. The van der Waals surface area contributed by atoms with E-state index in [-0.39, 0.29) is 5.92 Å². The highest BCUT2D eigenvalue weighted by atomic mass is 16.4. The van der Waals surface area contributed by atoms with Crippen LogP contribution in [0.25, 0.3) is 0 Å². The zero-order chi connectivity index (χ0) is 10.6. The normalized spacial score (nSPS) is 33.4. The molecule has 0 radical (unpaired) electrons. The van der Waals surface area contributed by atoms with Crippen molar-refractivity contribution in [1.82, 2.24) is 0 Å². The summed E-state index contributed by atoms with van der Waals surface area (Å²) in [6.45, 7) is 2.04. The van der Waals surface area contributed by atoms with Gasteiger partial charge in [0, 0.05) is 6.08 Å². The first-order chi connectivity index (χ1) is 6.54. The summed E-state index contributed by atoms with van der Waals surface area (Å²) in [5, 5.41) is 18.6. The van der Waals surface area contributed by atoms with Gasteiger partial charge in [0.15, 0.2) is 0 Å². The van der Waals surface area contributed by atoms with Crippen LogP contribution in [0.3, 0.4) is 0 Å². The fourth-order valence-corrected chi connectivity index (χ4v) is 2.06. The van der Waals surface area contributed by atoms with Gasteiger partial charge >= 0.3 is 5.97 Å². The predicted octanol–water partition coefficient (Wildman–Crippen LogP) is 1.96. The van der Waals surface area contributed by atoms with Crippen LogP contribution in [0.1, 0.15) is 39.0 Å². The zero-order valence-corrected chi connectivity index (χ0v) is 8.57. The van der Waals surface area contributed by atoms with Gasteiger partial charge in [-0.05, 0) is 25.2 Å². The minimum atomic E-state index is -0.947. The first kappa shape index (κ1) is 11.2. The van der Waals surface area contributed by atoms with E-state index in [0.29, 0.717) is 6.42 Å². The molecule has 0 heterocycles. The van der Waals surface area contributed by atoms with Gasteiger partial charge in [-0.1, -0.05) is 25.8 Å². The van der Waals surface area contributed by atoms with Crippen LogP contribution < -0.4 is 0 Å². The zero-order valence-electron chi connectivity index (χ0n) is 8.57. The number of hydrogen-bond acceptors (Lipinski definition) is 2. The fraction of sp³-hybridized carbons (Fsp3) is 0.727. The van der Waals surface area contributed by atoms with Crippen LogP contribution in [0.5, 0.6) is 0 Å². The molecule has 14 heavy (non-hydrogen) atoms. The lowest BCUT2D eigenvalue weighted by Crippen LogP contribution is -2.38. The van der Waals surface area contributed by atoms with Gasteiger partial charge in [0.05, 0.1) is 5.60 Å². The van der Waals surface area contributed by atoms with Gasteiger partial charge in [-0.3, -0.25) is 0 Å². The highest BCUT2D eigenvalue weighted by Crippen LogP contribution is 2.36. The molecule has 1 aliphatic rings. The molecule has 0 aliphatic heterocycles. The first-order valence-corrected chi connectivity index (χ1v) is 5.16. The molecule has 0 spiro atoms. The van der Waals surface area contributed by atoms with E-state index in [1.165, 1.54) is 6.42 Å². The molecule has 0 aromatic carbocycles. The molecule has 3 heteroatoms. The Balaban J connectivity index is 2.51. The summed E-state index contributed by atoms with van der Waals surface area (Å²) >= 11 is 0. The smallest absolute Gasteiger partial charge is 0.327 e. The summed E-state index contributed by atoms with van der Waals surface area (Å²) in [5.74, 6) is -0.674. The number of aliphatic carboxylic acids is 1. The highest BCUT2D eigenvalue weighted by molar-refractivity contribution is 5.79. The second-order valence-corrected chi connectivity index (χ2v) is 4.20. The molecule has 1 rings (SSSR count). The van der Waals surface area contributed by atoms with Crippen molar-refractivity contribution in [2.75, 3.05) is 0 Å². The third-order valence-electron chi connectivity index (χ3n) is 3.15. The molecule has 3 nitrogen and oxygen atoms in total. The molecule has 0 unspecified atom stereocenters. The summed E-state index contributed by atoms with van der Waals surface area (Å²) in [7, 11) is 0. The summed E-state index contributed by atoms with van der Waals surface area (Å²) in [6, 6.07) is 0. The van der Waals surface area contributed by atoms with Gasteiger partial charge < -0.3 is 10.2 Å². The molecule has 2 atom stereocenters. The summed E-state index contributed by atoms with van der Waals surface area (Å²) in [6.07, 6.45) is 7.17. The maximum absolute atomic E-state index is 10.3. The third kappa shape index (κ3) is 2.84. The Kier molecular flexibility index (Phi) is 3.69. The molecule has 0 amide bonds. The van der Waals surface area contributed by atoms with Gasteiger partial charge in [0.25, 0.3) is 0 Å². The quantitative estimate of drug-likeness (QED) is 0.681. The van der Waals surface area contributed by atoms with Crippen LogP contribution in [0.2, 0.25) is 0 Å². The molecule has 2 N–H and O–H groups in total. The standard InChI is InChI=1S/C11H18O3/c1-9-5-2-3-7-11(9,14)8-4-6-10(12)13/h4,6,9,14H,2-3,5,7-8H2,1H3,(H,12,13)/b6-4+/t9-,11+/m0/s1. The van der Waals surface area contributed by atoms with Gasteiger partial charge in [0.1, 0.15) is 0 Å². The van der Waals surface area contributed by atoms with Gasteiger partial charge in [-0.25, -0.2) is 4.79 Å². The lowest BCUT2D eigenvalue weighted by molar-refractivity contribution is -0.131. The van der Waals surface area contributed by atoms with Crippen molar-refractivity contribution in [2.24, 2.45) is 5.92 Å². The maximum Gasteiger partial charge on any atom is 0.327 e. The maximum atomic E-state index is 10.3. The van der Waals surface area contributed by atoms with Crippen molar-refractivity contribution in [3.63, 3.8) is 0 Å². The monoisotopic (exact) mass is 198 g/mol. The average Bonchev–Trinajstić information content (AvgIpc) is 2.10. The van der Waals surface area contributed by atoms with Crippen molar-refractivity contribution >= 4 is 5.97 Å². The Labute approximate surface area is 84.4 Å². The molecule has 1 saturated carbocycles. The van der Waals surface area contributed by atoms with E-state index in [1.54, 1.807) is 6.08 Å². The number of hydrogen-bond donors (Lipinski definition) is 2. The van der Waals surface area contributed by atoms with Crippen molar-refractivity contribution in [2.45, 2.75) is 44.6 Å². The Bertz CT molecular complexity index is 235. The largest absolute Gasteiger partial charge is 0.478 e. The molecular formula is C11H18O3. The fourth-order valence-electron chi connectivity index (χ4n) is 2.06. The SMILES string of the molecule is C[C@H]1CCCC[C@@]1(O)C/C=C/C(=O)O. The molecule has 1 fully saturated rings. The number of carboxylic acid groups (broad SMARTS) is 1. The minimum Gasteiger partial charge on any atom is -0.478 e. The summed E-state index contributed by atoms with van der Waals surface area (Å²) in [4.78, 5) is 10.3. The first-order valence-electron chi connectivity index (χ1n) is 5.16. The van der Waals surface area contributed by atoms with E-state index in [9.17, 15) is 9.90 Å². The Hall–Kier alpha value is -0.830. The van der Waals surface area contributed by atoms with Crippen LogP contribution in [0.15, 0.2) is 12.2 Å². The van der Waals surface area contributed by atoms with Crippen LogP contribution in [0, 0.1) is 5.92 Å². The molecule has 1 aliphatic carbocycles. The second-order valence-electron chi connectivity index (χ2n) is 4.20. The van der Waals surface area contributed by atoms with Crippen LogP contribution >= 0.6 is 0 Å². The molecular weight excluding hydrogens is 180 g/mol. The lowest BCUT2D eigenvalue weighted by Gasteiger charge is -2.37. The van der Waals surface area contributed by atoms with Crippen LogP contribution in [-0.2, 0) is 4.79 Å². The van der Waals surface area contributed by atoms with Crippen LogP contribution in [-0.4, -0.2) is 21.8 Å². The second kappa shape index (κ2) is 4.60. The average molecular weight is 198 g/mol. The topological polar surface area (TPSA) is 57.5 Å². The number of aliphatic hydroxyl groups is 1. The van der Waals surface area contributed by atoms with Gasteiger partial charge in [-0.2, -0.15) is 0 Å². The predicted molar refractivity (Wildman–Crippen MR) is 54.0 cm³/mol. The Morgan fingerprint density at radius 3 is 2.86 bits per heavy atom. The van der Waals surface area contributed by atoms with Gasteiger partial charge in [0.2, 0.25) is 0 Å². The van der Waals surface area contributed by atoms with E-state index in [1.807, 2.05) is 6.92 Å². The molecule has 0 aromatic rings. The van der Waals surface area contributed by atoms with Crippen molar-refractivity contribution in [3.8, 4) is 0 Å². The molecule has 0 saturated heterocycles. The van der Waals surface area contributed by atoms with Crippen molar-refractivity contribution < 1.29 is 15.0 Å². The van der Waals surface area contributed by atoms with Gasteiger partial charge in [-0.15, -0.1) is 0 Å². The lowest BCUT2D eigenvalue weighted by atomic mass is 9.74. The molecule has 80 valence electrons. The van der Waals surface area contributed by atoms with E-state index < -0.39 is 11.6 Å². The molecule has 0 aromatic heterocycles. The number of carboxylic acids is 1. The highest BCUT2D eigenvalue weighted by Gasteiger charge is 2.34. The van der Waals surface area contributed by atoms with Crippen LogP contribution in [0.4, 0.5) is 0 Å². The van der Waals surface area contributed by atoms with Crippen molar-refractivity contribution in [1.29, 1.82) is 0 Å². The Morgan fingerprint density at radius 1 is 1.57 bits per heavy atom. The minimum absolute atomic E-state index is 0.273. The van der Waals surface area contributed by atoms with E-state index in [2.05, 4.69) is 0 Å².